The largest absolute Gasteiger partial charge is 0.543 e. The molecule has 1 heterocycles. The van der Waals surface area contributed by atoms with Crippen molar-refractivity contribution in [3.05, 3.63) is 95.7 Å². The number of aryl methyl sites for hydroxylation is 3. The van der Waals surface area contributed by atoms with Crippen molar-refractivity contribution in [1.29, 1.82) is 0 Å². The molecule has 7 heteroatoms. The van der Waals surface area contributed by atoms with Gasteiger partial charge >= 0.3 is 0 Å². The molecule has 33 heavy (non-hydrogen) atoms. The summed E-state index contributed by atoms with van der Waals surface area (Å²) in [6.07, 6.45) is 1.74. The van der Waals surface area contributed by atoms with Gasteiger partial charge in [-0.3, -0.25) is 4.68 Å². The molecule has 0 aliphatic carbocycles. The molecule has 168 valence electrons. The summed E-state index contributed by atoms with van der Waals surface area (Å²) in [5, 5.41) is 16.9. The standard InChI is InChI=1S/C26H24N2O4S/c1-18-8-10-20(11-9-18)23-24(21-12-14-22(15-13-21)33(2,31)32)27-28(25(23)26(29)30)17-16-19-6-4-3-5-7-19/h3-15H,16-17H2,1-2H3,(H,29,30)/p-1. The van der Waals surface area contributed by atoms with E-state index in [0.717, 1.165) is 17.4 Å². The van der Waals surface area contributed by atoms with E-state index in [2.05, 4.69) is 5.10 Å². The first kappa shape index (κ1) is 22.5. The molecule has 3 aromatic carbocycles. The van der Waals surface area contributed by atoms with Crippen molar-refractivity contribution >= 4 is 15.8 Å². The van der Waals surface area contributed by atoms with E-state index in [1.807, 2.05) is 61.5 Å². The number of hydrogen-bond donors (Lipinski definition) is 0. The van der Waals surface area contributed by atoms with E-state index < -0.39 is 15.8 Å². The number of rotatable bonds is 7. The lowest BCUT2D eigenvalue weighted by Gasteiger charge is -2.11. The number of carboxylic acids is 1. The number of aromatic nitrogens is 2. The number of carboxylic acid groups (broad SMARTS) is 1. The van der Waals surface area contributed by atoms with Gasteiger partial charge in [0.25, 0.3) is 0 Å². The van der Waals surface area contributed by atoms with E-state index >= 15 is 0 Å². The third-order valence-corrected chi connectivity index (χ3v) is 6.63. The Morgan fingerprint density at radius 1 is 0.909 bits per heavy atom. The highest BCUT2D eigenvalue weighted by atomic mass is 32.2. The number of sulfone groups is 1. The number of benzene rings is 3. The van der Waals surface area contributed by atoms with Crippen LogP contribution in [0.5, 0.6) is 0 Å². The summed E-state index contributed by atoms with van der Waals surface area (Å²) in [7, 11) is -3.35. The Balaban J connectivity index is 1.86. The van der Waals surface area contributed by atoms with Crippen LogP contribution in [0.3, 0.4) is 0 Å². The van der Waals surface area contributed by atoms with Gasteiger partial charge in [-0.25, -0.2) is 8.42 Å². The van der Waals surface area contributed by atoms with Gasteiger partial charge in [-0.1, -0.05) is 72.3 Å². The van der Waals surface area contributed by atoms with Gasteiger partial charge in [-0.05, 0) is 36.6 Å². The third kappa shape index (κ3) is 4.88. The summed E-state index contributed by atoms with van der Waals surface area (Å²) < 4.78 is 25.2. The molecule has 4 aromatic rings. The van der Waals surface area contributed by atoms with Gasteiger partial charge in [0.05, 0.1) is 16.6 Å². The fraction of sp³-hybridized carbons (Fsp3) is 0.154. The molecule has 0 aliphatic heterocycles. The molecule has 1 aromatic heterocycles. The van der Waals surface area contributed by atoms with Crippen molar-refractivity contribution < 1.29 is 18.3 Å². The zero-order valence-corrected chi connectivity index (χ0v) is 19.2. The molecular formula is C26H23N2O4S-. The number of nitrogens with zero attached hydrogens (tertiary/aromatic N) is 2. The topological polar surface area (TPSA) is 92.1 Å². The fourth-order valence-electron chi connectivity index (χ4n) is 3.77. The Bertz CT molecular complexity index is 1390. The number of carbonyl (C=O) groups is 1. The molecule has 0 amide bonds. The van der Waals surface area contributed by atoms with Gasteiger partial charge in [0.15, 0.2) is 9.84 Å². The molecule has 0 N–H and O–H groups in total. The van der Waals surface area contributed by atoms with E-state index in [0.29, 0.717) is 35.3 Å². The molecule has 0 saturated heterocycles. The lowest BCUT2D eigenvalue weighted by molar-refractivity contribution is -0.255. The van der Waals surface area contributed by atoms with Crippen LogP contribution in [0.15, 0.2) is 83.8 Å². The molecule has 0 bridgehead atoms. The van der Waals surface area contributed by atoms with Crippen LogP contribution in [-0.4, -0.2) is 30.4 Å². The second kappa shape index (κ2) is 9.03. The van der Waals surface area contributed by atoms with Crippen molar-refractivity contribution in [2.24, 2.45) is 0 Å². The number of hydrogen-bond acceptors (Lipinski definition) is 5. The van der Waals surface area contributed by atoms with Crippen LogP contribution in [0.4, 0.5) is 0 Å². The van der Waals surface area contributed by atoms with Crippen LogP contribution in [0.25, 0.3) is 22.4 Å². The highest BCUT2D eigenvalue weighted by Gasteiger charge is 2.22. The van der Waals surface area contributed by atoms with Crippen LogP contribution < -0.4 is 5.11 Å². The minimum Gasteiger partial charge on any atom is -0.543 e. The Morgan fingerprint density at radius 3 is 2.09 bits per heavy atom. The molecular weight excluding hydrogens is 436 g/mol. The van der Waals surface area contributed by atoms with E-state index in [1.165, 1.54) is 16.8 Å². The summed E-state index contributed by atoms with van der Waals surface area (Å²) in [5.74, 6) is -1.31. The van der Waals surface area contributed by atoms with Crippen LogP contribution in [0, 0.1) is 6.92 Å². The first-order valence-electron chi connectivity index (χ1n) is 10.5. The van der Waals surface area contributed by atoms with Crippen LogP contribution in [-0.2, 0) is 22.8 Å². The SMILES string of the molecule is Cc1ccc(-c2c(-c3ccc(S(C)(=O)=O)cc3)nn(CCc3ccccc3)c2C(=O)[O-])cc1. The van der Waals surface area contributed by atoms with Gasteiger partial charge in [0, 0.05) is 23.9 Å². The average Bonchev–Trinajstić information content (AvgIpc) is 3.18. The molecule has 0 fully saturated rings. The average molecular weight is 460 g/mol. The lowest BCUT2D eigenvalue weighted by atomic mass is 9.98. The Labute approximate surface area is 193 Å². The predicted octanol–water partition coefficient (Wildman–Crippen LogP) is 3.54. The fourth-order valence-corrected chi connectivity index (χ4v) is 4.40. The number of carbonyl (C=O) groups excluding carboxylic acids is 1. The predicted molar refractivity (Wildman–Crippen MR) is 125 cm³/mol. The smallest absolute Gasteiger partial charge is 0.175 e. The highest BCUT2D eigenvalue weighted by molar-refractivity contribution is 7.90. The van der Waals surface area contributed by atoms with Crippen molar-refractivity contribution in [2.45, 2.75) is 24.8 Å². The summed E-state index contributed by atoms with van der Waals surface area (Å²) in [4.78, 5) is 12.5. The first-order chi connectivity index (χ1) is 15.7. The van der Waals surface area contributed by atoms with Gasteiger partial charge in [-0.2, -0.15) is 5.10 Å². The van der Waals surface area contributed by atoms with Gasteiger partial charge < -0.3 is 9.90 Å². The zero-order valence-electron chi connectivity index (χ0n) is 18.4. The maximum atomic E-state index is 12.3. The molecule has 0 atom stereocenters. The third-order valence-electron chi connectivity index (χ3n) is 5.50. The second-order valence-electron chi connectivity index (χ2n) is 7.98. The zero-order chi connectivity index (χ0) is 23.6. The minimum atomic E-state index is -3.35. The quantitative estimate of drug-likeness (QED) is 0.422. The normalized spacial score (nSPS) is 11.5. The Hall–Kier alpha value is -3.71. The maximum absolute atomic E-state index is 12.3. The van der Waals surface area contributed by atoms with Crippen molar-refractivity contribution in [3.63, 3.8) is 0 Å². The lowest BCUT2D eigenvalue weighted by Crippen LogP contribution is -2.27. The molecule has 0 aliphatic rings. The molecule has 4 rings (SSSR count). The van der Waals surface area contributed by atoms with Crippen molar-refractivity contribution in [1.82, 2.24) is 9.78 Å². The first-order valence-corrected chi connectivity index (χ1v) is 12.4. The number of aromatic carboxylic acids is 1. The Kier molecular flexibility index (Phi) is 6.16. The van der Waals surface area contributed by atoms with E-state index in [4.69, 9.17) is 0 Å². The molecule has 6 nitrogen and oxygen atoms in total. The summed E-state index contributed by atoms with van der Waals surface area (Å²) >= 11 is 0. The summed E-state index contributed by atoms with van der Waals surface area (Å²) in [5.41, 5.74) is 4.35. The van der Waals surface area contributed by atoms with E-state index in [-0.39, 0.29) is 10.6 Å². The molecule has 0 saturated carbocycles. The van der Waals surface area contributed by atoms with Crippen molar-refractivity contribution in [3.8, 4) is 22.4 Å². The Morgan fingerprint density at radius 2 is 1.52 bits per heavy atom. The monoisotopic (exact) mass is 459 g/mol. The van der Waals surface area contributed by atoms with Gasteiger partial charge in [-0.15, -0.1) is 0 Å². The summed E-state index contributed by atoms with van der Waals surface area (Å²) in [6.45, 7) is 2.31. The van der Waals surface area contributed by atoms with Crippen molar-refractivity contribution in [2.75, 3.05) is 6.26 Å². The highest BCUT2D eigenvalue weighted by Crippen LogP contribution is 2.35. The van der Waals surface area contributed by atoms with Gasteiger partial charge in [0.1, 0.15) is 5.69 Å². The summed E-state index contributed by atoms with van der Waals surface area (Å²) in [6, 6.07) is 23.6. The minimum absolute atomic E-state index is 0.00280. The molecule has 0 unspecified atom stereocenters. The molecule has 0 spiro atoms. The van der Waals surface area contributed by atoms with Crippen LogP contribution in [0.1, 0.15) is 21.6 Å². The van der Waals surface area contributed by atoms with Crippen LogP contribution in [0.2, 0.25) is 0 Å². The van der Waals surface area contributed by atoms with E-state index in [9.17, 15) is 18.3 Å². The maximum Gasteiger partial charge on any atom is 0.175 e. The van der Waals surface area contributed by atoms with E-state index in [1.54, 1.807) is 12.1 Å². The van der Waals surface area contributed by atoms with Gasteiger partial charge in [0.2, 0.25) is 0 Å². The molecule has 0 radical (unpaired) electrons. The van der Waals surface area contributed by atoms with Crippen LogP contribution >= 0.6 is 0 Å². The second-order valence-corrected chi connectivity index (χ2v) is 10.00.